The van der Waals surface area contributed by atoms with Gasteiger partial charge in [-0.3, -0.25) is 0 Å². The van der Waals surface area contributed by atoms with Gasteiger partial charge < -0.3 is 28.8 Å². The topological polar surface area (TPSA) is 83.5 Å². The number of benzene rings is 2. The first kappa shape index (κ1) is 21.0. The van der Waals surface area contributed by atoms with Crippen LogP contribution in [0.15, 0.2) is 60.7 Å². The maximum Gasteiger partial charge on any atom is 0.341 e. The van der Waals surface area contributed by atoms with Crippen LogP contribution in [-0.2, 0) is 41.7 Å². The normalized spacial score (nSPS) is 29.6. The fourth-order valence-electron chi connectivity index (χ4n) is 3.83. The Kier molecular flexibility index (Phi) is 5.90. The van der Waals surface area contributed by atoms with Gasteiger partial charge in [0.05, 0.1) is 19.8 Å². The van der Waals surface area contributed by atoms with E-state index in [1.807, 2.05) is 60.7 Å². The number of carbonyl (C=O) groups is 1. The summed E-state index contributed by atoms with van der Waals surface area (Å²) in [7, 11) is 0. The van der Waals surface area contributed by atoms with Crippen molar-refractivity contribution < 1.29 is 33.6 Å². The minimum Gasteiger partial charge on any atom is -0.479 e. The van der Waals surface area contributed by atoms with Crippen LogP contribution in [0.3, 0.4) is 0 Å². The van der Waals surface area contributed by atoms with E-state index < -0.39 is 35.9 Å². The average molecular weight is 414 g/mol. The van der Waals surface area contributed by atoms with E-state index in [4.69, 9.17) is 23.7 Å². The molecular weight excluding hydrogens is 388 g/mol. The Morgan fingerprint density at radius 2 is 1.53 bits per heavy atom. The molecule has 2 saturated heterocycles. The summed E-state index contributed by atoms with van der Waals surface area (Å²) < 4.78 is 29.5. The Hall–Kier alpha value is -2.29. The molecule has 0 aliphatic carbocycles. The van der Waals surface area contributed by atoms with Crippen LogP contribution >= 0.6 is 0 Å². The molecule has 2 aliphatic rings. The highest BCUT2D eigenvalue weighted by Crippen LogP contribution is 2.44. The van der Waals surface area contributed by atoms with Gasteiger partial charge in [-0.2, -0.15) is 0 Å². The lowest BCUT2D eigenvalue weighted by Crippen LogP contribution is -2.55. The van der Waals surface area contributed by atoms with Gasteiger partial charge in [0.15, 0.2) is 12.1 Å². The van der Waals surface area contributed by atoms with Crippen molar-refractivity contribution in [2.75, 3.05) is 6.61 Å². The van der Waals surface area contributed by atoms with Gasteiger partial charge in [0.2, 0.25) is 5.60 Å². The largest absolute Gasteiger partial charge is 0.479 e. The molecule has 0 aromatic heterocycles. The molecule has 2 aromatic rings. The second-order valence-corrected chi connectivity index (χ2v) is 7.98. The molecule has 4 atom stereocenters. The van der Waals surface area contributed by atoms with E-state index in [0.29, 0.717) is 0 Å². The highest BCUT2D eigenvalue weighted by Gasteiger charge is 2.66. The van der Waals surface area contributed by atoms with Crippen molar-refractivity contribution >= 4 is 5.97 Å². The van der Waals surface area contributed by atoms with Gasteiger partial charge in [-0.05, 0) is 25.0 Å². The van der Waals surface area contributed by atoms with E-state index in [0.717, 1.165) is 11.1 Å². The van der Waals surface area contributed by atoms with E-state index in [-0.39, 0.29) is 19.8 Å². The van der Waals surface area contributed by atoms with Gasteiger partial charge in [0.25, 0.3) is 0 Å². The SMILES string of the molecule is CC1(C)OC2O[C@@](COCc3ccccc3)(C(=O)O)C(OCc3ccccc3)C2O1. The Bertz CT molecular complexity index is 854. The summed E-state index contributed by atoms with van der Waals surface area (Å²) in [6, 6.07) is 19.1. The molecule has 30 heavy (non-hydrogen) atoms. The first-order valence-corrected chi connectivity index (χ1v) is 9.94. The fraction of sp³-hybridized carbons (Fsp3) is 0.435. The summed E-state index contributed by atoms with van der Waals surface area (Å²) >= 11 is 0. The molecule has 4 rings (SSSR count). The molecule has 2 aromatic carbocycles. The molecule has 1 N–H and O–H groups in total. The molecule has 7 nitrogen and oxygen atoms in total. The predicted octanol–water partition coefficient (Wildman–Crippen LogP) is 3.12. The zero-order valence-electron chi connectivity index (χ0n) is 17.0. The first-order chi connectivity index (χ1) is 14.4. The average Bonchev–Trinajstić information content (AvgIpc) is 3.17. The molecule has 0 radical (unpaired) electrons. The molecule has 0 bridgehead atoms. The van der Waals surface area contributed by atoms with E-state index in [1.54, 1.807) is 13.8 Å². The van der Waals surface area contributed by atoms with Crippen molar-refractivity contribution in [3.8, 4) is 0 Å². The fourth-order valence-corrected chi connectivity index (χ4v) is 3.83. The molecule has 0 spiro atoms. The summed E-state index contributed by atoms with van der Waals surface area (Å²) in [6.07, 6.45) is -2.44. The summed E-state index contributed by atoms with van der Waals surface area (Å²) in [5, 5.41) is 10.1. The van der Waals surface area contributed by atoms with Crippen molar-refractivity contribution in [3.63, 3.8) is 0 Å². The number of fused-ring (bicyclic) bond motifs is 1. The van der Waals surface area contributed by atoms with Crippen LogP contribution in [0.5, 0.6) is 0 Å². The molecule has 2 aliphatic heterocycles. The zero-order chi connectivity index (χ0) is 21.2. The summed E-state index contributed by atoms with van der Waals surface area (Å²) in [6.45, 7) is 3.80. The Morgan fingerprint density at radius 3 is 2.13 bits per heavy atom. The maximum absolute atomic E-state index is 12.4. The zero-order valence-corrected chi connectivity index (χ0v) is 17.0. The highest BCUT2D eigenvalue weighted by atomic mass is 16.8. The second-order valence-electron chi connectivity index (χ2n) is 7.98. The number of aliphatic carboxylic acids is 1. The van der Waals surface area contributed by atoms with Crippen molar-refractivity contribution in [3.05, 3.63) is 71.8 Å². The van der Waals surface area contributed by atoms with Crippen LogP contribution in [0.1, 0.15) is 25.0 Å². The van der Waals surface area contributed by atoms with Crippen LogP contribution in [0, 0.1) is 0 Å². The quantitative estimate of drug-likeness (QED) is 0.711. The van der Waals surface area contributed by atoms with Crippen LogP contribution in [0.4, 0.5) is 0 Å². The predicted molar refractivity (Wildman–Crippen MR) is 106 cm³/mol. The minimum atomic E-state index is -1.74. The highest BCUT2D eigenvalue weighted by molar-refractivity contribution is 5.79. The van der Waals surface area contributed by atoms with Gasteiger partial charge >= 0.3 is 5.97 Å². The number of carboxylic acids is 1. The molecule has 2 fully saturated rings. The van der Waals surface area contributed by atoms with Crippen LogP contribution in [-0.4, -0.2) is 47.6 Å². The van der Waals surface area contributed by atoms with Gasteiger partial charge in [-0.25, -0.2) is 4.79 Å². The van der Waals surface area contributed by atoms with Gasteiger partial charge in [-0.1, -0.05) is 60.7 Å². The Balaban J connectivity index is 1.53. The van der Waals surface area contributed by atoms with E-state index in [9.17, 15) is 9.90 Å². The minimum absolute atomic E-state index is 0.198. The molecule has 2 heterocycles. The van der Waals surface area contributed by atoms with Gasteiger partial charge in [-0.15, -0.1) is 0 Å². The molecule has 0 saturated carbocycles. The smallest absolute Gasteiger partial charge is 0.341 e. The number of ether oxygens (including phenoxy) is 5. The van der Waals surface area contributed by atoms with E-state index >= 15 is 0 Å². The molecule has 3 unspecified atom stereocenters. The van der Waals surface area contributed by atoms with Crippen molar-refractivity contribution in [2.45, 2.75) is 56.9 Å². The Labute approximate surface area is 175 Å². The third kappa shape index (κ3) is 4.26. The summed E-state index contributed by atoms with van der Waals surface area (Å²) in [5.74, 6) is -2.06. The van der Waals surface area contributed by atoms with Gasteiger partial charge in [0.1, 0.15) is 12.2 Å². The lowest BCUT2D eigenvalue weighted by molar-refractivity contribution is -0.256. The third-order valence-electron chi connectivity index (χ3n) is 5.23. The van der Waals surface area contributed by atoms with E-state index in [2.05, 4.69) is 0 Å². The molecule has 160 valence electrons. The standard InChI is InChI=1S/C23H26O7/c1-22(2)28-18-19(27-14-17-11-7-4-8-12-17)23(21(24)25,30-20(18)29-22)15-26-13-16-9-5-3-6-10-16/h3-12,18-20H,13-15H2,1-2H3,(H,24,25)/t18?,19?,20?,23-/m1/s1. The van der Waals surface area contributed by atoms with Crippen LogP contribution < -0.4 is 0 Å². The number of hydrogen-bond donors (Lipinski definition) is 1. The van der Waals surface area contributed by atoms with Crippen LogP contribution in [0.25, 0.3) is 0 Å². The summed E-state index contributed by atoms with van der Waals surface area (Å²) in [5.41, 5.74) is 0.116. The number of rotatable bonds is 8. The maximum atomic E-state index is 12.4. The monoisotopic (exact) mass is 414 g/mol. The number of carboxylic acid groups (broad SMARTS) is 1. The van der Waals surface area contributed by atoms with Crippen molar-refractivity contribution in [1.29, 1.82) is 0 Å². The van der Waals surface area contributed by atoms with Crippen molar-refractivity contribution in [1.82, 2.24) is 0 Å². The van der Waals surface area contributed by atoms with Crippen LogP contribution in [0.2, 0.25) is 0 Å². The first-order valence-electron chi connectivity index (χ1n) is 9.94. The molecule has 7 heteroatoms. The molecule has 0 amide bonds. The van der Waals surface area contributed by atoms with Gasteiger partial charge in [0, 0.05) is 0 Å². The van der Waals surface area contributed by atoms with Crippen molar-refractivity contribution in [2.24, 2.45) is 0 Å². The second kappa shape index (κ2) is 8.45. The lowest BCUT2D eigenvalue weighted by atomic mass is 9.95. The van der Waals surface area contributed by atoms with E-state index in [1.165, 1.54) is 0 Å². The Morgan fingerprint density at radius 1 is 0.933 bits per heavy atom. The lowest BCUT2D eigenvalue weighted by Gasteiger charge is -2.33. The summed E-state index contributed by atoms with van der Waals surface area (Å²) in [4.78, 5) is 12.4. The number of hydrogen-bond acceptors (Lipinski definition) is 6. The molecular formula is C23H26O7. The third-order valence-corrected chi connectivity index (χ3v) is 5.23.